The van der Waals surface area contributed by atoms with Crippen LogP contribution in [-0.4, -0.2) is 73.5 Å². The van der Waals surface area contributed by atoms with Gasteiger partial charge in [-0.05, 0) is 202 Å². The maximum Gasteiger partial charge on any atom is 1.00 e. The molecule has 0 saturated heterocycles. The number of benzene rings is 22. The third-order valence-corrected chi connectivity index (χ3v) is 25.5. The number of phenols is 3. The Labute approximate surface area is 977 Å². The molecule has 149 heavy (non-hydrogen) atoms. The van der Waals surface area contributed by atoms with Gasteiger partial charge in [-0.3, -0.25) is 4.79 Å². The van der Waals surface area contributed by atoms with Crippen LogP contribution in [0.4, 0.5) is 17.6 Å². The van der Waals surface area contributed by atoms with Crippen LogP contribution in [-0.2, 0) is 9.68 Å². The second-order valence-corrected chi connectivity index (χ2v) is 40.7. The van der Waals surface area contributed by atoms with Gasteiger partial charge in [0.1, 0.15) is 74.3 Å². The number of carbonyl (C=O) groups is 1. The third-order valence-electron chi connectivity index (χ3n) is 24.5. The molecule has 22 aromatic carbocycles. The summed E-state index contributed by atoms with van der Waals surface area (Å²) in [6.45, 7) is 5.95. The molecule has 0 aliphatic heterocycles. The molecule has 732 valence electrons. The fraction of sp³-hybridized carbons (Fsp3) is 0.0410. The summed E-state index contributed by atoms with van der Waals surface area (Å²) in [5.74, 6) is 0.191. The van der Waals surface area contributed by atoms with E-state index in [9.17, 15) is 42.9 Å². The molecule has 14 nitrogen and oxygen atoms in total. The molecular weight excluding hydrogens is 2200 g/mol. The van der Waals surface area contributed by atoms with Gasteiger partial charge < -0.3 is 65.3 Å². The van der Waals surface area contributed by atoms with Crippen molar-refractivity contribution in [1.29, 1.82) is 0 Å². The van der Waals surface area contributed by atoms with E-state index in [1.807, 2.05) is 214 Å². The van der Waals surface area contributed by atoms with Crippen molar-refractivity contribution in [2.45, 2.75) is 20.8 Å². The zero-order chi connectivity index (χ0) is 104. The van der Waals surface area contributed by atoms with E-state index in [2.05, 4.69) is 178 Å². The molecule has 2 aromatic heterocycles. The van der Waals surface area contributed by atoms with E-state index in [0.29, 0.717) is 38.3 Å². The Morgan fingerprint density at radius 3 is 1.15 bits per heavy atom. The molecule has 27 heteroatoms. The van der Waals surface area contributed by atoms with Gasteiger partial charge in [0, 0.05) is 70.6 Å². The summed E-state index contributed by atoms with van der Waals surface area (Å²) in [4.78, 5) is 11.2. The summed E-state index contributed by atoms with van der Waals surface area (Å²) in [6, 6.07) is 131. The number of methoxy groups -OCH3 is 2. The normalized spacial score (nSPS) is 10.5. The van der Waals surface area contributed by atoms with Gasteiger partial charge in [-0.15, -0.1) is 47.3 Å². The number of fused-ring (bicyclic) bond motifs is 16. The maximum absolute atomic E-state index is 14.8. The van der Waals surface area contributed by atoms with Crippen molar-refractivity contribution < 1.29 is 190 Å². The maximum atomic E-state index is 14.8. The Hall–Kier alpha value is -12.1. The van der Waals surface area contributed by atoms with E-state index in [1.165, 1.54) is 68.6 Å². The number of hydrogen-bond acceptors (Lipinski definition) is 14. The number of aryl methyl sites for hydroxylation is 3. The van der Waals surface area contributed by atoms with Crippen LogP contribution in [0.1, 0.15) is 18.1 Å². The van der Waals surface area contributed by atoms with Crippen LogP contribution in [0, 0.1) is 44.0 Å². The summed E-state index contributed by atoms with van der Waals surface area (Å²) in [6.07, 6.45) is 0. The van der Waals surface area contributed by atoms with Crippen LogP contribution in [0.3, 0.4) is 0 Å². The van der Waals surface area contributed by atoms with Crippen molar-refractivity contribution >= 4 is 228 Å². The molecule has 2 heterocycles. The van der Waals surface area contributed by atoms with Crippen LogP contribution < -0.4 is 128 Å². The molecule has 0 fully saturated rings. The van der Waals surface area contributed by atoms with Crippen molar-refractivity contribution in [3.63, 3.8) is 0 Å². The van der Waals surface area contributed by atoms with Crippen LogP contribution in [0.5, 0.6) is 28.7 Å². The summed E-state index contributed by atoms with van der Waals surface area (Å²) >= 11 is 12.7. The van der Waals surface area contributed by atoms with Gasteiger partial charge in [0.15, 0.2) is 0 Å². The summed E-state index contributed by atoms with van der Waals surface area (Å²) < 4.78 is 79.6. The molecule has 0 atom stereocenters. The number of aromatic hydroxyl groups is 3. The molecule has 0 unspecified atom stereocenters. The number of phenolic OH excluding ortho intramolecular Hbond substituents is 3. The van der Waals surface area contributed by atoms with Gasteiger partial charge >= 0.3 is 120 Å². The molecule has 0 spiro atoms. The molecule has 0 amide bonds. The van der Waals surface area contributed by atoms with Crippen LogP contribution in [0.2, 0.25) is 0 Å². The first-order valence-corrected chi connectivity index (χ1v) is 49.7. The van der Waals surface area contributed by atoms with Crippen LogP contribution in [0.25, 0.3) is 175 Å². The van der Waals surface area contributed by atoms with Crippen LogP contribution in [0.15, 0.2) is 432 Å². The standard InChI is InChI=1S/C26H19BO2.C18H15FO.C17H12O.C16H11FO2.C16H10O2.C10H8BFO2.C10H7F.C8H9BrO.CH2O3.BBr3.2K.H/c28-27(29)26-23-15-6-4-13-21(23)25(22-14-5-7-16-24(22)26)20-12-8-11-19(17-20)18-9-2-1-3-10-18;1-12-6-5-9-16(20-2)17(12)15-11-10-13-7-3-4-8-14(13)18(15)19;1-11-5-4-8-15-16(11)14-10-9-12-6-2-3-7-13(12)17(14)18-15;17-16-11-5-2-1-4-10(11)8-9-12(16)15-13(18)6-3-7-14(15)19;17-13-6-3-7-14-15(13)12-9-8-10-4-1-2-5-11(10)16(12)18-14;12-10-8-4-2-1-3-7(8)5-6-9(10)11(13)14;11-10-7-3-5-8-4-1-2-6-9(8)10;1-6-4-3-5-7(10-2)8(6)9;2-1-4-3;2-1(3)4;;;/h1-17,28-29H;3-11H,1-2H3;2-10H,1H3;1-9,18-19H;1-9,17H;1-6,13-14H;1-7H;3-5H,1-2H3;1,3H;;;;/q;;;;;;;;;;2*+1;-1/p-1. The summed E-state index contributed by atoms with van der Waals surface area (Å²) in [7, 11) is -0.0226. The number of halogens is 8. The van der Waals surface area contributed by atoms with Gasteiger partial charge in [0.05, 0.1) is 29.6 Å². The average molecular weight is 2290 g/mol. The van der Waals surface area contributed by atoms with E-state index < -0.39 is 25.9 Å². The minimum Gasteiger partial charge on any atom is -1.00 e. The van der Waals surface area contributed by atoms with Gasteiger partial charge in [0.25, 0.3) is 6.47 Å². The molecule has 0 saturated carbocycles. The SMILES string of the molecule is BrB(Br)Br.COc1cccc(C)c1-c1ccc2ccccc2c1F.COc1cccc(C)c1Br.Cc1cccc2oc3c4ccccc4ccc3c12.Fc1cccc2ccccc12.O=CO[O-].OB(O)c1c2ccccc2c(-c2cccc(-c3ccccc3)c2)c2ccccc12.OB(O)c1ccc2ccccc2c1F.Oc1cccc(O)c1-c1ccc2ccccc2c1F.Oc1cccc2oc3c4ccccc4ccc3c12.[H-].[K+].[K+]. The van der Waals surface area contributed by atoms with Gasteiger partial charge in [-0.2, -0.15) is 0 Å². The fourth-order valence-corrected chi connectivity index (χ4v) is 18.2. The Bertz CT molecular complexity index is 8590. The Morgan fingerprint density at radius 1 is 0.322 bits per heavy atom. The van der Waals surface area contributed by atoms with Crippen molar-refractivity contribution in [3.05, 3.63) is 463 Å². The zero-order valence-electron chi connectivity index (χ0n) is 82.7. The molecule has 7 N–H and O–H groups in total. The van der Waals surface area contributed by atoms with Crippen molar-refractivity contribution in [3.8, 4) is 73.3 Å². The van der Waals surface area contributed by atoms with E-state index in [0.717, 1.165) is 125 Å². The number of carbonyl (C=O) groups excluding carboxylic acids is 1. The van der Waals surface area contributed by atoms with Gasteiger partial charge in [-0.1, -0.05) is 352 Å². The molecule has 0 aliphatic carbocycles. The van der Waals surface area contributed by atoms with Crippen molar-refractivity contribution in [2.75, 3.05) is 14.2 Å². The topological polar surface area (TPSA) is 236 Å². The molecule has 24 rings (SSSR count). The number of rotatable bonds is 9. The Balaban J connectivity index is 0.000000152. The molecule has 0 aliphatic rings. The molecular formula is C122H93B3Br4F4K2O14. The second kappa shape index (κ2) is 54.6. The second-order valence-electron chi connectivity index (χ2n) is 33.5. The number of furan rings is 2. The summed E-state index contributed by atoms with van der Waals surface area (Å²) in [5, 5.41) is 94.2. The number of ether oxygens (including phenoxy) is 2. The smallest absolute Gasteiger partial charge is 1.00 e. The number of hydrogen-bond donors (Lipinski definition) is 7. The molecule has 0 bridgehead atoms. The Morgan fingerprint density at radius 2 is 0.671 bits per heavy atom. The largest absolute Gasteiger partial charge is 1.00 e. The Kier molecular flexibility index (Phi) is 41.8. The summed E-state index contributed by atoms with van der Waals surface area (Å²) in [5.41, 5.74) is 13.7. The molecule has 0 radical (unpaired) electrons. The van der Waals surface area contributed by atoms with Gasteiger partial charge in [0.2, 0.25) is 0 Å². The van der Waals surface area contributed by atoms with E-state index in [1.54, 1.807) is 99.1 Å². The first kappa shape index (κ1) is 114. The predicted molar refractivity (Wildman–Crippen MR) is 608 cm³/mol. The minimum atomic E-state index is -1.76. The fourth-order valence-electron chi connectivity index (χ4n) is 17.7. The first-order chi connectivity index (χ1) is 71.3. The van der Waals surface area contributed by atoms with E-state index in [-0.39, 0.29) is 159 Å². The van der Waals surface area contributed by atoms with E-state index in [4.69, 9.17) is 38.4 Å². The predicted octanol–water partition coefficient (Wildman–Crippen LogP) is 24.6. The average Bonchev–Trinajstić information content (AvgIpc) is 1.28. The monoisotopic (exact) mass is 2280 g/mol. The minimum absolute atomic E-state index is 0. The van der Waals surface area contributed by atoms with Crippen molar-refractivity contribution in [2.24, 2.45) is 0 Å². The quantitative estimate of drug-likeness (QED) is 0.0178. The van der Waals surface area contributed by atoms with Crippen molar-refractivity contribution in [1.82, 2.24) is 0 Å². The third kappa shape index (κ3) is 27.1. The first-order valence-electron chi connectivity index (χ1n) is 46.2. The van der Waals surface area contributed by atoms with Gasteiger partial charge in [-0.25, -0.2) is 17.6 Å². The zero-order valence-corrected chi connectivity index (χ0v) is 94.2. The molecule has 24 aromatic rings. The van der Waals surface area contributed by atoms with E-state index >= 15 is 0 Å². The van der Waals surface area contributed by atoms with Crippen LogP contribution >= 0.6 is 63.2 Å².